The number of hydrogen-bond donors (Lipinski definition) is 1. The first-order chi connectivity index (χ1) is 9.85. The van der Waals surface area contributed by atoms with Gasteiger partial charge in [0.2, 0.25) is 0 Å². The van der Waals surface area contributed by atoms with Gasteiger partial charge >= 0.3 is 5.97 Å². The molecule has 0 saturated heterocycles. The zero-order valence-corrected chi connectivity index (χ0v) is 13.6. The first-order valence-corrected chi connectivity index (χ1v) is 7.22. The van der Waals surface area contributed by atoms with Crippen molar-refractivity contribution in [2.45, 2.75) is 13.8 Å². The van der Waals surface area contributed by atoms with E-state index in [4.69, 9.17) is 9.84 Å². The molecule has 0 aromatic heterocycles. The summed E-state index contributed by atoms with van der Waals surface area (Å²) in [6, 6.07) is 4.42. The van der Waals surface area contributed by atoms with Crippen LogP contribution in [-0.2, 0) is 4.79 Å². The minimum atomic E-state index is -1.05. The molecule has 0 fully saturated rings. The SMILES string of the molecule is C=C(C)CN(CC)C(=O)COc1cc(C(=O)O)ccc1Br. The summed E-state index contributed by atoms with van der Waals surface area (Å²) in [7, 11) is 0. The fourth-order valence-corrected chi connectivity index (χ4v) is 2.04. The van der Waals surface area contributed by atoms with E-state index in [-0.39, 0.29) is 18.1 Å². The van der Waals surface area contributed by atoms with Crippen molar-refractivity contribution in [2.24, 2.45) is 0 Å². The highest BCUT2D eigenvalue weighted by Gasteiger charge is 2.14. The predicted octanol–water partition coefficient (Wildman–Crippen LogP) is 2.95. The lowest BCUT2D eigenvalue weighted by Crippen LogP contribution is -2.35. The number of carboxylic acid groups (broad SMARTS) is 1. The maximum Gasteiger partial charge on any atom is 0.335 e. The van der Waals surface area contributed by atoms with Gasteiger partial charge in [-0.2, -0.15) is 0 Å². The van der Waals surface area contributed by atoms with Gasteiger partial charge in [-0.1, -0.05) is 12.2 Å². The average Bonchev–Trinajstić information content (AvgIpc) is 2.42. The number of carboxylic acids is 1. The smallest absolute Gasteiger partial charge is 0.335 e. The fourth-order valence-electron chi connectivity index (χ4n) is 1.68. The summed E-state index contributed by atoms with van der Waals surface area (Å²) < 4.78 is 6.02. The number of nitrogens with zero attached hydrogens (tertiary/aromatic N) is 1. The molecule has 1 aromatic rings. The van der Waals surface area contributed by atoms with Gasteiger partial charge in [0.25, 0.3) is 5.91 Å². The average molecular weight is 356 g/mol. The molecular weight excluding hydrogens is 338 g/mol. The Kier molecular flexibility index (Phi) is 6.42. The Morgan fingerprint density at radius 1 is 1.43 bits per heavy atom. The largest absolute Gasteiger partial charge is 0.483 e. The highest BCUT2D eigenvalue weighted by Crippen LogP contribution is 2.26. The Morgan fingerprint density at radius 2 is 2.10 bits per heavy atom. The van der Waals surface area contributed by atoms with E-state index >= 15 is 0 Å². The first kappa shape index (κ1) is 17.2. The molecule has 1 rings (SSSR count). The third-order valence-corrected chi connectivity index (χ3v) is 3.38. The molecule has 0 saturated carbocycles. The number of halogens is 1. The van der Waals surface area contributed by atoms with Crippen LogP contribution in [0, 0.1) is 0 Å². The van der Waals surface area contributed by atoms with Crippen LogP contribution in [0.3, 0.4) is 0 Å². The highest BCUT2D eigenvalue weighted by atomic mass is 79.9. The summed E-state index contributed by atoms with van der Waals surface area (Å²) in [5.74, 6) is -0.890. The summed E-state index contributed by atoms with van der Waals surface area (Å²) in [5.41, 5.74) is 0.995. The molecule has 1 amide bonds. The van der Waals surface area contributed by atoms with Crippen molar-refractivity contribution in [1.29, 1.82) is 0 Å². The van der Waals surface area contributed by atoms with E-state index in [1.54, 1.807) is 11.0 Å². The van der Waals surface area contributed by atoms with E-state index in [1.807, 2.05) is 13.8 Å². The minimum Gasteiger partial charge on any atom is -0.483 e. The van der Waals surface area contributed by atoms with Crippen LogP contribution >= 0.6 is 15.9 Å². The van der Waals surface area contributed by atoms with Crippen LogP contribution in [0.4, 0.5) is 0 Å². The minimum absolute atomic E-state index is 0.106. The van der Waals surface area contributed by atoms with Crippen molar-refractivity contribution in [3.8, 4) is 5.75 Å². The number of amides is 1. The third kappa shape index (κ3) is 5.23. The van der Waals surface area contributed by atoms with Crippen LogP contribution in [-0.4, -0.2) is 41.6 Å². The molecule has 5 nitrogen and oxygen atoms in total. The van der Waals surface area contributed by atoms with E-state index in [9.17, 15) is 9.59 Å². The Hall–Kier alpha value is -1.82. The highest BCUT2D eigenvalue weighted by molar-refractivity contribution is 9.10. The topological polar surface area (TPSA) is 66.8 Å². The maximum atomic E-state index is 12.0. The van der Waals surface area contributed by atoms with E-state index in [0.717, 1.165) is 5.57 Å². The maximum absolute atomic E-state index is 12.0. The van der Waals surface area contributed by atoms with Crippen LogP contribution in [0.1, 0.15) is 24.2 Å². The van der Waals surface area contributed by atoms with Gasteiger partial charge in [-0.25, -0.2) is 4.79 Å². The molecule has 0 aliphatic rings. The lowest BCUT2D eigenvalue weighted by Gasteiger charge is -2.21. The van der Waals surface area contributed by atoms with Crippen molar-refractivity contribution in [3.05, 3.63) is 40.4 Å². The molecule has 6 heteroatoms. The van der Waals surface area contributed by atoms with Gasteiger partial charge in [0.1, 0.15) is 5.75 Å². The molecule has 0 aliphatic heterocycles. The number of benzene rings is 1. The molecule has 114 valence electrons. The molecule has 1 N–H and O–H groups in total. The van der Waals surface area contributed by atoms with Gasteiger partial charge in [-0.15, -0.1) is 0 Å². The van der Waals surface area contributed by atoms with Crippen molar-refractivity contribution in [2.75, 3.05) is 19.7 Å². The summed E-state index contributed by atoms with van der Waals surface area (Å²) in [6.45, 7) is 8.40. The third-order valence-electron chi connectivity index (χ3n) is 2.72. The van der Waals surface area contributed by atoms with Crippen LogP contribution in [0.15, 0.2) is 34.8 Å². The summed E-state index contributed by atoms with van der Waals surface area (Å²) in [6.07, 6.45) is 0. The van der Waals surface area contributed by atoms with Gasteiger partial charge < -0.3 is 14.7 Å². The van der Waals surface area contributed by atoms with Gasteiger partial charge in [-0.3, -0.25) is 4.79 Å². The van der Waals surface area contributed by atoms with Crippen molar-refractivity contribution in [3.63, 3.8) is 0 Å². The monoisotopic (exact) mass is 355 g/mol. The molecule has 0 atom stereocenters. The van der Waals surface area contributed by atoms with Gasteiger partial charge in [0.05, 0.1) is 10.0 Å². The second kappa shape index (κ2) is 7.83. The molecular formula is C15H18BrNO4. The lowest BCUT2D eigenvalue weighted by atomic mass is 10.2. The zero-order chi connectivity index (χ0) is 16.0. The zero-order valence-electron chi connectivity index (χ0n) is 12.1. The van der Waals surface area contributed by atoms with Crippen molar-refractivity contribution >= 4 is 27.8 Å². The molecule has 0 aliphatic carbocycles. The Morgan fingerprint density at radius 3 is 2.62 bits per heavy atom. The Bertz CT molecular complexity index is 557. The molecule has 0 radical (unpaired) electrons. The van der Waals surface area contributed by atoms with E-state index < -0.39 is 5.97 Å². The molecule has 0 heterocycles. The Balaban J connectivity index is 2.74. The number of carbonyl (C=O) groups is 2. The molecule has 21 heavy (non-hydrogen) atoms. The number of hydrogen-bond acceptors (Lipinski definition) is 3. The number of rotatable bonds is 7. The fraction of sp³-hybridized carbons (Fsp3) is 0.333. The molecule has 1 aromatic carbocycles. The standard InChI is InChI=1S/C15H18BrNO4/c1-4-17(8-10(2)3)14(18)9-21-13-7-11(15(19)20)5-6-12(13)16/h5-7H,2,4,8-9H2,1,3H3,(H,19,20). The predicted molar refractivity (Wildman–Crippen MR) is 83.7 cm³/mol. The molecule has 0 spiro atoms. The normalized spacial score (nSPS) is 10.0. The Labute approximate surface area is 132 Å². The molecule has 0 unspecified atom stereocenters. The summed E-state index contributed by atoms with van der Waals surface area (Å²) in [5, 5.41) is 8.95. The van der Waals surface area contributed by atoms with Crippen molar-refractivity contribution < 1.29 is 19.4 Å². The number of ether oxygens (including phenoxy) is 1. The quantitative estimate of drug-likeness (QED) is 0.763. The summed E-state index contributed by atoms with van der Waals surface area (Å²) >= 11 is 3.27. The van der Waals surface area contributed by atoms with E-state index in [0.29, 0.717) is 23.3 Å². The number of aromatic carboxylic acids is 1. The van der Waals surface area contributed by atoms with Crippen LogP contribution in [0.25, 0.3) is 0 Å². The van der Waals surface area contributed by atoms with Crippen LogP contribution in [0.2, 0.25) is 0 Å². The van der Waals surface area contributed by atoms with Gasteiger partial charge in [-0.05, 0) is 48.0 Å². The van der Waals surface area contributed by atoms with Gasteiger partial charge in [0.15, 0.2) is 6.61 Å². The number of likely N-dealkylation sites (N-methyl/N-ethyl adjacent to an activating group) is 1. The molecule has 0 bridgehead atoms. The van der Waals surface area contributed by atoms with E-state index in [1.165, 1.54) is 12.1 Å². The number of carbonyl (C=O) groups excluding carboxylic acids is 1. The first-order valence-electron chi connectivity index (χ1n) is 6.43. The second-order valence-corrected chi connectivity index (χ2v) is 5.46. The van der Waals surface area contributed by atoms with Crippen LogP contribution in [0.5, 0.6) is 5.75 Å². The summed E-state index contributed by atoms with van der Waals surface area (Å²) in [4.78, 5) is 24.6. The second-order valence-electron chi connectivity index (χ2n) is 4.60. The van der Waals surface area contributed by atoms with E-state index in [2.05, 4.69) is 22.5 Å². The van der Waals surface area contributed by atoms with Crippen LogP contribution < -0.4 is 4.74 Å². The van der Waals surface area contributed by atoms with Gasteiger partial charge in [0, 0.05) is 13.1 Å². The lowest BCUT2D eigenvalue weighted by molar-refractivity contribution is -0.132. The van der Waals surface area contributed by atoms with Crippen molar-refractivity contribution in [1.82, 2.24) is 4.90 Å².